The summed E-state index contributed by atoms with van der Waals surface area (Å²) in [6, 6.07) is 15.3. The van der Waals surface area contributed by atoms with Crippen LogP contribution < -0.4 is 10.6 Å². The third kappa shape index (κ3) is 4.72. The van der Waals surface area contributed by atoms with E-state index in [0.29, 0.717) is 36.0 Å². The van der Waals surface area contributed by atoms with Gasteiger partial charge in [-0.2, -0.15) is 0 Å². The molecule has 3 saturated heterocycles. The maximum absolute atomic E-state index is 13.0. The van der Waals surface area contributed by atoms with E-state index >= 15 is 0 Å². The fraction of sp³-hybridized carbons (Fsp3) is 0.407. The minimum Gasteiger partial charge on any atom is -0.450 e. The number of nitrogens with one attached hydrogen (secondary N) is 2. The monoisotopic (exact) mass is 461 g/mol. The highest BCUT2D eigenvalue weighted by Crippen LogP contribution is 2.32. The van der Waals surface area contributed by atoms with Crippen LogP contribution in [0.5, 0.6) is 0 Å². The van der Waals surface area contributed by atoms with E-state index in [1.807, 2.05) is 42.5 Å². The first-order chi connectivity index (χ1) is 16.6. The number of amides is 2. The van der Waals surface area contributed by atoms with Crippen molar-refractivity contribution in [1.82, 2.24) is 15.5 Å². The average Bonchev–Trinajstić information content (AvgIpc) is 3.32. The Morgan fingerprint density at radius 3 is 2.68 bits per heavy atom. The van der Waals surface area contributed by atoms with E-state index in [4.69, 9.17) is 9.15 Å². The number of ether oxygens (including phenoxy) is 1. The molecule has 2 amide bonds. The summed E-state index contributed by atoms with van der Waals surface area (Å²) >= 11 is 0. The largest absolute Gasteiger partial charge is 0.450 e. The first-order valence-corrected chi connectivity index (χ1v) is 12.1. The molecule has 0 unspecified atom stereocenters. The van der Waals surface area contributed by atoms with Crippen molar-refractivity contribution in [3.05, 3.63) is 59.9 Å². The van der Waals surface area contributed by atoms with Gasteiger partial charge in [0.15, 0.2) is 5.76 Å². The summed E-state index contributed by atoms with van der Waals surface area (Å²) in [6.45, 7) is 4.35. The van der Waals surface area contributed by atoms with E-state index in [-0.39, 0.29) is 17.9 Å². The van der Waals surface area contributed by atoms with Crippen LogP contribution in [0.3, 0.4) is 0 Å². The Balaban J connectivity index is 1.35. The van der Waals surface area contributed by atoms with E-state index in [1.165, 1.54) is 0 Å². The summed E-state index contributed by atoms with van der Waals surface area (Å²) in [5, 5.41) is 6.99. The van der Waals surface area contributed by atoms with Gasteiger partial charge in [0, 0.05) is 49.4 Å². The number of nitrogens with zero attached hydrogens (tertiary/aromatic N) is 1. The molecule has 1 aromatic heterocycles. The third-order valence-corrected chi connectivity index (χ3v) is 6.99. The van der Waals surface area contributed by atoms with E-state index in [2.05, 4.69) is 15.5 Å². The Morgan fingerprint density at radius 1 is 1.09 bits per heavy atom. The van der Waals surface area contributed by atoms with Gasteiger partial charge in [0.25, 0.3) is 11.8 Å². The van der Waals surface area contributed by atoms with Gasteiger partial charge in [-0.05, 0) is 62.0 Å². The second-order valence-electron chi connectivity index (χ2n) is 9.24. The number of furan rings is 1. The lowest BCUT2D eigenvalue weighted by molar-refractivity contribution is 0.0607. The standard InChI is InChI=1S/C27H31N3O4/c1-33-14-4-11-28-26(31)21-7-2-5-19(15-21)22-8-3-6-20-16-24(34-25(20)22)27(32)29-23-17-30-12-9-18(23)10-13-30/h2-3,5-8,15-16,18,23H,4,9-14,17H2,1H3,(H,28,31)(H,29,32)/t23-/m1/s1. The van der Waals surface area contributed by atoms with E-state index in [0.717, 1.165) is 55.4 Å². The van der Waals surface area contributed by atoms with Gasteiger partial charge in [-0.25, -0.2) is 0 Å². The van der Waals surface area contributed by atoms with Gasteiger partial charge in [0.2, 0.25) is 0 Å². The van der Waals surface area contributed by atoms with Crippen LogP contribution >= 0.6 is 0 Å². The quantitative estimate of drug-likeness (QED) is 0.500. The van der Waals surface area contributed by atoms with Crippen LogP contribution in [-0.2, 0) is 4.74 Å². The lowest BCUT2D eigenvalue weighted by atomic mass is 9.84. The smallest absolute Gasteiger partial charge is 0.287 e. The SMILES string of the molecule is COCCCNC(=O)c1cccc(-c2cccc3cc(C(=O)N[C@@H]4CN5CCC4CC5)oc23)c1. The molecule has 6 rings (SSSR count). The van der Waals surface area contributed by atoms with Crippen LogP contribution in [0.2, 0.25) is 0 Å². The second-order valence-corrected chi connectivity index (χ2v) is 9.24. The molecule has 1 atom stereocenters. The summed E-state index contributed by atoms with van der Waals surface area (Å²) in [7, 11) is 1.65. The second kappa shape index (κ2) is 9.99. The molecule has 3 aliphatic rings. The maximum Gasteiger partial charge on any atom is 0.287 e. The molecule has 34 heavy (non-hydrogen) atoms. The summed E-state index contributed by atoms with van der Waals surface area (Å²) in [5.74, 6) is 0.593. The third-order valence-electron chi connectivity index (χ3n) is 6.99. The lowest BCUT2D eigenvalue weighted by Gasteiger charge is -2.44. The van der Waals surface area contributed by atoms with Crippen LogP contribution in [0.25, 0.3) is 22.1 Å². The van der Waals surface area contributed by atoms with Crippen molar-refractivity contribution in [2.45, 2.75) is 25.3 Å². The van der Waals surface area contributed by atoms with Crippen molar-refractivity contribution in [3.8, 4) is 11.1 Å². The van der Waals surface area contributed by atoms with Crippen molar-refractivity contribution in [1.29, 1.82) is 0 Å². The zero-order chi connectivity index (χ0) is 23.5. The zero-order valence-corrected chi connectivity index (χ0v) is 19.5. The Kier molecular flexibility index (Phi) is 6.65. The molecule has 3 aromatic rings. The topological polar surface area (TPSA) is 83.8 Å². The molecule has 3 aliphatic heterocycles. The Morgan fingerprint density at radius 2 is 1.91 bits per heavy atom. The van der Waals surface area contributed by atoms with Gasteiger partial charge in [0.05, 0.1) is 0 Å². The summed E-state index contributed by atoms with van der Waals surface area (Å²) in [6.07, 6.45) is 3.05. The number of benzene rings is 2. The Bertz CT molecular complexity index is 1180. The van der Waals surface area contributed by atoms with Gasteiger partial charge in [0.1, 0.15) is 5.58 Å². The van der Waals surface area contributed by atoms with Crippen molar-refractivity contribution in [3.63, 3.8) is 0 Å². The number of hydrogen-bond donors (Lipinski definition) is 2. The number of hydrogen-bond acceptors (Lipinski definition) is 5. The molecule has 0 saturated carbocycles. The number of fused-ring (bicyclic) bond motifs is 4. The average molecular weight is 462 g/mol. The number of rotatable bonds is 8. The van der Waals surface area contributed by atoms with Gasteiger partial charge in [-0.15, -0.1) is 0 Å². The number of carbonyl (C=O) groups excluding carboxylic acids is 2. The molecule has 0 radical (unpaired) electrons. The van der Waals surface area contributed by atoms with E-state index in [1.54, 1.807) is 13.2 Å². The maximum atomic E-state index is 13.0. The Labute approximate surface area is 199 Å². The molecular formula is C27H31N3O4. The van der Waals surface area contributed by atoms with E-state index in [9.17, 15) is 9.59 Å². The predicted molar refractivity (Wildman–Crippen MR) is 131 cm³/mol. The normalized spacial score (nSPS) is 21.5. The predicted octanol–water partition coefficient (Wildman–Crippen LogP) is 3.69. The minimum atomic E-state index is -0.162. The first-order valence-electron chi connectivity index (χ1n) is 12.1. The minimum absolute atomic E-state index is 0.123. The molecular weight excluding hydrogens is 430 g/mol. The van der Waals surface area contributed by atoms with Crippen LogP contribution in [0.15, 0.2) is 52.9 Å². The fourth-order valence-electron chi connectivity index (χ4n) is 5.12. The molecule has 2 bridgehead atoms. The first kappa shape index (κ1) is 22.6. The van der Waals surface area contributed by atoms with Crippen molar-refractivity contribution in [2.24, 2.45) is 5.92 Å². The molecule has 2 aromatic carbocycles. The van der Waals surface area contributed by atoms with Crippen LogP contribution in [-0.4, -0.2) is 62.7 Å². The highest BCUT2D eigenvalue weighted by atomic mass is 16.5. The molecule has 4 heterocycles. The molecule has 7 nitrogen and oxygen atoms in total. The molecule has 2 N–H and O–H groups in total. The summed E-state index contributed by atoms with van der Waals surface area (Å²) in [4.78, 5) is 28.0. The molecule has 7 heteroatoms. The van der Waals surface area contributed by atoms with Crippen molar-refractivity contribution in [2.75, 3.05) is 39.9 Å². The molecule has 178 valence electrons. The highest BCUT2D eigenvalue weighted by Gasteiger charge is 2.35. The summed E-state index contributed by atoms with van der Waals surface area (Å²) < 4.78 is 11.1. The molecule has 0 spiro atoms. The fourth-order valence-corrected chi connectivity index (χ4v) is 5.12. The number of piperidine rings is 3. The van der Waals surface area contributed by atoms with Crippen LogP contribution in [0, 0.1) is 5.92 Å². The van der Waals surface area contributed by atoms with Gasteiger partial charge >= 0.3 is 0 Å². The molecule has 0 aliphatic carbocycles. The molecule has 3 fully saturated rings. The van der Waals surface area contributed by atoms with Crippen LogP contribution in [0.4, 0.5) is 0 Å². The Hall–Kier alpha value is -3.16. The zero-order valence-electron chi connectivity index (χ0n) is 19.5. The van der Waals surface area contributed by atoms with Crippen molar-refractivity contribution < 1.29 is 18.7 Å². The van der Waals surface area contributed by atoms with Gasteiger partial charge in [-0.1, -0.05) is 30.3 Å². The van der Waals surface area contributed by atoms with E-state index < -0.39 is 0 Å². The lowest BCUT2D eigenvalue weighted by Crippen LogP contribution is -2.57. The highest BCUT2D eigenvalue weighted by molar-refractivity contribution is 6.01. The van der Waals surface area contributed by atoms with Gasteiger partial charge < -0.3 is 24.7 Å². The number of para-hydroxylation sites is 1. The van der Waals surface area contributed by atoms with Gasteiger partial charge in [-0.3, -0.25) is 9.59 Å². The summed E-state index contributed by atoms with van der Waals surface area (Å²) in [5.41, 5.74) is 2.96. The number of carbonyl (C=O) groups is 2. The van der Waals surface area contributed by atoms with Crippen molar-refractivity contribution >= 4 is 22.8 Å². The number of methoxy groups -OCH3 is 1. The van der Waals surface area contributed by atoms with Crippen LogP contribution in [0.1, 0.15) is 40.2 Å².